The highest BCUT2D eigenvalue weighted by molar-refractivity contribution is 5.92. The minimum Gasteiger partial charge on any atom is -0.492 e. The molecule has 1 aliphatic heterocycles. The molecule has 3 aromatic rings. The van der Waals surface area contributed by atoms with E-state index in [1.54, 1.807) is 4.90 Å². The predicted molar refractivity (Wildman–Crippen MR) is 120 cm³/mol. The van der Waals surface area contributed by atoms with Crippen LogP contribution in [0, 0.1) is 5.92 Å². The Morgan fingerprint density at radius 1 is 1.00 bits per heavy atom. The van der Waals surface area contributed by atoms with Gasteiger partial charge in [0, 0.05) is 19.2 Å². The number of amides is 1. The van der Waals surface area contributed by atoms with Crippen LogP contribution in [0.1, 0.15) is 35.0 Å². The molecule has 4 rings (SSSR count). The predicted octanol–water partition coefficient (Wildman–Crippen LogP) is 2.91. The van der Waals surface area contributed by atoms with Crippen LogP contribution in [0.2, 0.25) is 0 Å². The summed E-state index contributed by atoms with van der Waals surface area (Å²) in [7, 11) is 0. The number of carbonyl (C=O) groups excluding carboxylic acids is 1. The fourth-order valence-electron chi connectivity index (χ4n) is 3.99. The number of aromatic nitrogens is 2. The van der Waals surface area contributed by atoms with Crippen molar-refractivity contribution in [2.75, 3.05) is 19.7 Å². The Morgan fingerprint density at radius 2 is 1.66 bits per heavy atom. The zero-order valence-corrected chi connectivity index (χ0v) is 17.8. The van der Waals surface area contributed by atoms with Crippen LogP contribution in [0.4, 0.5) is 0 Å². The van der Waals surface area contributed by atoms with Gasteiger partial charge in [-0.2, -0.15) is 5.10 Å². The first-order valence-electron chi connectivity index (χ1n) is 10.9. The molecule has 1 aromatic heterocycles. The number of ether oxygens (including phenoxy) is 1. The molecule has 1 unspecified atom stereocenters. The quantitative estimate of drug-likeness (QED) is 0.619. The van der Waals surface area contributed by atoms with Crippen molar-refractivity contribution >= 4 is 5.91 Å². The van der Waals surface area contributed by atoms with Gasteiger partial charge in [0.2, 0.25) is 0 Å². The Labute approximate surface area is 186 Å². The summed E-state index contributed by atoms with van der Waals surface area (Å²) in [4.78, 5) is 26.9. The molecule has 166 valence electrons. The van der Waals surface area contributed by atoms with Gasteiger partial charge >= 0.3 is 0 Å². The second-order valence-electron chi connectivity index (χ2n) is 7.93. The molecule has 0 aliphatic carbocycles. The van der Waals surface area contributed by atoms with Crippen LogP contribution < -0.4 is 10.3 Å². The largest absolute Gasteiger partial charge is 0.492 e. The summed E-state index contributed by atoms with van der Waals surface area (Å²) in [5, 5.41) is 14.9. The molecule has 1 atom stereocenters. The fourth-order valence-corrected chi connectivity index (χ4v) is 3.99. The second-order valence-corrected chi connectivity index (χ2v) is 7.93. The molecule has 7 heteroatoms. The average molecular weight is 434 g/mol. The highest BCUT2D eigenvalue weighted by Gasteiger charge is 2.29. The minimum absolute atomic E-state index is 0.110. The van der Waals surface area contributed by atoms with Crippen molar-refractivity contribution in [3.63, 3.8) is 0 Å². The zero-order valence-electron chi connectivity index (χ0n) is 17.8. The molecule has 2 aromatic carbocycles. The summed E-state index contributed by atoms with van der Waals surface area (Å²) in [6.07, 6.45) is 0.900. The van der Waals surface area contributed by atoms with E-state index in [1.165, 1.54) is 16.8 Å². The minimum atomic E-state index is -0.530. The Kier molecular flexibility index (Phi) is 6.97. The van der Waals surface area contributed by atoms with Gasteiger partial charge in [-0.3, -0.25) is 9.59 Å². The molecular formula is C25H27N3O4. The van der Waals surface area contributed by atoms with Gasteiger partial charge in [-0.05, 0) is 42.5 Å². The van der Waals surface area contributed by atoms with E-state index in [1.807, 2.05) is 60.7 Å². The van der Waals surface area contributed by atoms with E-state index in [0.29, 0.717) is 31.7 Å². The third kappa shape index (κ3) is 5.23. The lowest BCUT2D eigenvalue weighted by Gasteiger charge is -2.34. The van der Waals surface area contributed by atoms with Gasteiger partial charge in [-0.1, -0.05) is 48.5 Å². The Hall–Kier alpha value is -3.45. The summed E-state index contributed by atoms with van der Waals surface area (Å²) in [6.45, 7) is 1.62. The summed E-state index contributed by atoms with van der Waals surface area (Å²) >= 11 is 0. The number of nitrogens with zero attached hydrogens (tertiary/aromatic N) is 3. The highest BCUT2D eigenvalue weighted by atomic mass is 16.5. The van der Waals surface area contributed by atoms with Crippen LogP contribution in [-0.2, 0) is 6.54 Å². The fraction of sp³-hybridized carbons (Fsp3) is 0.320. The van der Waals surface area contributed by atoms with E-state index in [0.717, 1.165) is 5.56 Å². The maximum absolute atomic E-state index is 13.0. The molecule has 1 N–H and O–H groups in total. The first-order chi connectivity index (χ1) is 15.6. The van der Waals surface area contributed by atoms with Gasteiger partial charge < -0.3 is 14.7 Å². The first kappa shape index (κ1) is 21.8. The van der Waals surface area contributed by atoms with Gasteiger partial charge in [0.25, 0.3) is 11.5 Å². The summed E-state index contributed by atoms with van der Waals surface area (Å²) < 4.78 is 6.90. The van der Waals surface area contributed by atoms with Gasteiger partial charge in [-0.25, -0.2) is 4.68 Å². The van der Waals surface area contributed by atoms with Crippen molar-refractivity contribution in [2.45, 2.75) is 25.5 Å². The number of aliphatic hydroxyl groups excluding tert-OH is 1. The molecule has 1 fully saturated rings. The van der Waals surface area contributed by atoms with Crippen molar-refractivity contribution in [1.82, 2.24) is 14.7 Å². The van der Waals surface area contributed by atoms with E-state index in [9.17, 15) is 14.7 Å². The maximum Gasteiger partial charge on any atom is 0.274 e. The number of hydrogen-bond donors (Lipinski definition) is 1. The van der Waals surface area contributed by atoms with E-state index < -0.39 is 6.10 Å². The molecule has 1 aliphatic rings. The first-order valence-corrected chi connectivity index (χ1v) is 10.9. The lowest BCUT2D eigenvalue weighted by Crippen LogP contribution is -2.41. The maximum atomic E-state index is 13.0. The number of piperidine rings is 1. The van der Waals surface area contributed by atoms with Gasteiger partial charge in [0.1, 0.15) is 18.1 Å². The molecule has 0 bridgehead atoms. The number of hydrogen-bond acceptors (Lipinski definition) is 5. The molecule has 32 heavy (non-hydrogen) atoms. The van der Waals surface area contributed by atoms with Crippen LogP contribution in [0.3, 0.4) is 0 Å². The van der Waals surface area contributed by atoms with Crippen molar-refractivity contribution in [2.24, 2.45) is 5.92 Å². The van der Waals surface area contributed by atoms with Crippen molar-refractivity contribution in [3.8, 4) is 5.75 Å². The molecule has 0 saturated carbocycles. The molecule has 1 saturated heterocycles. The number of benzene rings is 2. The van der Waals surface area contributed by atoms with Crippen LogP contribution in [-0.4, -0.2) is 45.4 Å². The average Bonchev–Trinajstić information content (AvgIpc) is 2.85. The van der Waals surface area contributed by atoms with Crippen LogP contribution in [0.25, 0.3) is 0 Å². The van der Waals surface area contributed by atoms with Crippen LogP contribution in [0.5, 0.6) is 5.75 Å². The molecular weight excluding hydrogens is 406 g/mol. The smallest absolute Gasteiger partial charge is 0.274 e. The van der Waals surface area contributed by atoms with E-state index >= 15 is 0 Å². The zero-order chi connectivity index (χ0) is 22.3. The van der Waals surface area contributed by atoms with Crippen molar-refractivity contribution < 1.29 is 14.6 Å². The summed E-state index contributed by atoms with van der Waals surface area (Å²) in [5.41, 5.74) is 0.873. The van der Waals surface area contributed by atoms with E-state index in [4.69, 9.17) is 4.74 Å². The summed E-state index contributed by atoms with van der Waals surface area (Å²) in [5.74, 6) is 0.627. The molecule has 0 spiro atoms. The van der Waals surface area contributed by atoms with Gasteiger partial charge in [0.15, 0.2) is 0 Å². The SMILES string of the molecule is O=C(c1ccc(=O)n(CCOc2ccccc2)n1)N1CCC(C(O)c2ccccc2)CC1. The number of carbonyl (C=O) groups is 1. The Morgan fingerprint density at radius 3 is 2.34 bits per heavy atom. The number of para-hydroxylation sites is 1. The normalized spacial score (nSPS) is 15.3. The van der Waals surface area contributed by atoms with Crippen LogP contribution >= 0.6 is 0 Å². The molecule has 2 heterocycles. The Balaban J connectivity index is 1.34. The molecule has 0 radical (unpaired) electrons. The number of likely N-dealkylation sites (tertiary alicyclic amines) is 1. The van der Waals surface area contributed by atoms with E-state index in [-0.39, 0.29) is 36.2 Å². The molecule has 1 amide bonds. The lowest BCUT2D eigenvalue weighted by atomic mass is 9.87. The van der Waals surface area contributed by atoms with Crippen molar-refractivity contribution in [3.05, 3.63) is 94.4 Å². The topological polar surface area (TPSA) is 84.7 Å². The second kappa shape index (κ2) is 10.2. The monoisotopic (exact) mass is 433 g/mol. The van der Waals surface area contributed by atoms with Gasteiger partial charge in [-0.15, -0.1) is 0 Å². The van der Waals surface area contributed by atoms with E-state index in [2.05, 4.69) is 5.10 Å². The lowest BCUT2D eigenvalue weighted by molar-refractivity contribution is 0.0456. The molecule has 7 nitrogen and oxygen atoms in total. The number of rotatable bonds is 7. The third-order valence-corrected chi connectivity index (χ3v) is 5.82. The summed E-state index contributed by atoms with van der Waals surface area (Å²) in [6, 6.07) is 21.8. The van der Waals surface area contributed by atoms with Gasteiger partial charge in [0.05, 0.1) is 12.6 Å². The third-order valence-electron chi connectivity index (χ3n) is 5.82. The highest BCUT2D eigenvalue weighted by Crippen LogP contribution is 2.30. The Bertz CT molecular complexity index is 1080. The number of aliphatic hydroxyl groups is 1. The van der Waals surface area contributed by atoms with Crippen molar-refractivity contribution in [1.29, 1.82) is 0 Å². The standard InChI is InChI=1S/C25H27N3O4/c29-23-12-11-22(26-28(23)17-18-32-21-9-5-2-6-10-21)25(31)27-15-13-20(14-16-27)24(30)19-7-3-1-4-8-19/h1-12,20,24,30H,13-18H2. The van der Waals surface area contributed by atoms with Crippen LogP contribution in [0.15, 0.2) is 77.6 Å².